The molecule has 3 heteroatoms. The van der Waals surface area contributed by atoms with Crippen LogP contribution in [0.1, 0.15) is 5.56 Å². The molecule has 66 valence electrons. The zero-order chi connectivity index (χ0) is 9.68. The number of anilines is 1. The molecule has 0 aliphatic rings. The first-order valence-corrected chi connectivity index (χ1v) is 5.31. The molecule has 0 aliphatic carbocycles. The normalized spacial score (nSPS) is 8.92. The Balaban J connectivity index is 2.79. The standard InChI is InChI=1S/C10H9NS2/c1-3-8-5-4-6-9(7-8)11-10(12)13-2/h1,4-7H,2H3,(H,11,12). The first-order chi connectivity index (χ1) is 6.26. The topological polar surface area (TPSA) is 12.0 Å². The monoisotopic (exact) mass is 207 g/mol. The van der Waals surface area contributed by atoms with Gasteiger partial charge in [0.05, 0.1) is 0 Å². The van der Waals surface area contributed by atoms with Gasteiger partial charge in [0, 0.05) is 11.3 Å². The molecule has 1 N–H and O–H groups in total. The largest absolute Gasteiger partial charge is 0.341 e. The smallest absolute Gasteiger partial charge is 0.137 e. The van der Waals surface area contributed by atoms with E-state index in [0.29, 0.717) is 0 Å². The van der Waals surface area contributed by atoms with Gasteiger partial charge in [0.2, 0.25) is 0 Å². The zero-order valence-corrected chi connectivity index (χ0v) is 8.84. The van der Waals surface area contributed by atoms with E-state index in [1.807, 2.05) is 30.5 Å². The summed E-state index contributed by atoms with van der Waals surface area (Å²) in [6.45, 7) is 0. The highest BCUT2D eigenvalue weighted by molar-refractivity contribution is 8.22. The third kappa shape index (κ3) is 3.10. The lowest BCUT2D eigenvalue weighted by molar-refractivity contribution is 1.62. The molecule has 0 bridgehead atoms. The van der Waals surface area contributed by atoms with Crippen LogP contribution < -0.4 is 5.32 Å². The van der Waals surface area contributed by atoms with Crippen molar-refractivity contribution in [3.05, 3.63) is 29.8 Å². The summed E-state index contributed by atoms with van der Waals surface area (Å²) in [5, 5.41) is 3.07. The summed E-state index contributed by atoms with van der Waals surface area (Å²) in [5.41, 5.74) is 1.80. The van der Waals surface area contributed by atoms with Gasteiger partial charge in [-0.25, -0.2) is 0 Å². The lowest BCUT2D eigenvalue weighted by atomic mass is 10.2. The average Bonchev–Trinajstić information content (AvgIpc) is 2.18. The van der Waals surface area contributed by atoms with Crippen molar-refractivity contribution in [1.82, 2.24) is 0 Å². The Labute approximate surface area is 87.9 Å². The van der Waals surface area contributed by atoms with Crippen LogP contribution in [-0.4, -0.2) is 10.6 Å². The van der Waals surface area contributed by atoms with Crippen LogP contribution in [-0.2, 0) is 0 Å². The molecule has 0 spiro atoms. The van der Waals surface area contributed by atoms with Crippen LogP contribution in [0.3, 0.4) is 0 Å². The maximum Gasteiger partial charge on any atom is 0.137 e. The Bertz CT molecular complexity index is 352. The molecule has 0 saturated heterocycles. The number of benzene rings is 1. The molecular formula is C10H9NS2. The summed E-state index contributed by atoms with van der Waals surface area (Å²) < 4.78 is 0.745. The number of hydrogen-bond donors (Lipinski definition) is 1. The van der Waals surface area contributed by atoms with Crippen molar-refractivity contribution in [2.45, 2.75) is 0 Å². The first kappa shape index (κ1) is 10.1. The number of thiocarbonyl (C=S) groups is 1. The Morgan fingerprint density at radius 2 is 2.38 bits per heavy atom. The van der Waals surface area contributed by atoms with Crippen LogP contribution in [0.25, 0.3) is 0 Å². The quantitative estimate of drug-likeness (QED) is 0.562. The van der Waals surface area contributed by atoms with Crippen LogP contribution >= 0.6 is 24.0 Å². The molecule has 1 rings (SSSR count). The second-order valence-corrected chi connectivity index (χ2v) is 3.82. The van der Waals surface area contributed by atoms with Crippen molar-refractivity contribution >= 4 is 34.0 Å². The van der Waals surface area contributed by atoms with Gasteiger partial charge in [-0.3, -0.25) is 0 Å². The van der Waals surface area contributed by atoms with Crippen LogP contribution in [0.4, 0.5) is 5.69 Å². The summed E-state index contributed by atoms with van der Waals surface area (Å²) in [6.07, 6.45) is 7.20. The third-order valence-electron chi connectivity index (χ3n) is 1.46. The fourth-order valence-electron chi connectivity index (χ4n) is 0.856. The van der Waals surface area contributed by atoms with Gasteiger partial charge in [-0.1, -0.05) is 24.2 Å². The van der Waals surface area contributed by atoms with E-state index in [0.717, 1.165) is 15.6 Å². The molecule has 0 unspecified atom stereocenters. The maximum absolute atomic E-state index is 5.27. The van der Waals surface area contributed by atoms with E-state index in [4.69, 9.17) is 18.6 Å². The van der Waals surface area contributed by atoms with Gasteiger partial charge in [0.15, 0.2) is 0 Å². The van der Waals surface area contributed by atoms with E-state index in [2.05, 4.69) is 11.2 Å². The van der Waals surface area contributed by atoms with Gasteiger partial charge in [0.1, 0.15) is 4.32 Å². The molecule has 0 saturated carbocycles. The summed E-state index contributed by atoms with van der Waals surface area (Å²) in [5.74, 6) is 2.57. The highest BCUT2D eigenvalue weighted by atomic mass is 32.2. The van der Waals surface area contributed by atoms with Gasteiger partial charge in [-0.05, 0) is 24.5 Å². The Morgan fingerprint density at radius 1 is 1.62 bits per heavy atom. The van der Waals surface area contributed by atoms with Crippen molar-refractivity contribution in [3.8, 4) is 12.3 Å². The SMILES string of the molecule is C#Cc1cccc(NC(=S)SC)c1. The van der Waals surface area contributed by atoms with Crippen molar-refractivity contribution in [3.63, 3.8) is 0 Å². The summed E-state index contributed by atoms with van der Waals surface area (Å²) in [6, 6.07) is 7.61. The Hall–Kier alpha value is -0.980. The van der Waals surface area contributed by atoms with E-state index in [9.17, 15) is 0 Å². The molecule has 0 radical (unpaired) electrons. The Kier molecular flexibility index (Phi) is 3.81. The van der Waals surface area contributed by atoms with Crippen LogP contribution in [0.2, 0.25) is 0 Å². The minimum Gasteiger partial charge on any atom is -0.341 e. The van der Waals surface area contributed by atoms with Crippen molar-refractivity contribution in [1.29, 1.82) is 0 Å². The minimum absolute atomic E-state index is 0.745. The lowest BCUT2D eigenvalue weighted by Gasteiger charge is -2.04. The van der Waals surface area contributed by atoms with Crippen molar-refractivity contribution < 1.29 is 0 Å². The van der Waals surface area contributed by atoms with Crippen LogP contribution in [0.5, 0.6) is 0 Å². The number of terminal acetylenes is 1. The molecule has 1 aromatic rings. The average molecular weight is 207 g/mol. The molecule has 0 atom stereocenters. The number of hydrogen-bond acceptors (Lipinski definition) is 2. The molecule has 0 amide bonds. The first-order valence-electron chi connectivity index (χ1n) is 3.68. The predicted octanol–water partition coefficient (Wildman–Crippen LogP) is 2.73. The molecule has 13 heavy (non-hydrogen) atoms. The van der Waals surface area contributed by atoms with E-state index >= 15 is 0 Å². The van der Waals surface area contributed by atoms with Crippen molar-refractivity contribution in [2.75, 3.05) is 11.6 Å². The summed E-state index contributed by atoms with van der Waals surface area (Å²) in [7, 11) is 0. The van der Waals surface area contributed by atoms with E-state index in [-0.39, 0.29) is 0 Å². The number of thioether (sulfide) groups is 1. The van der Waals surface area contributed by atoms with Gasteiger partial charge in [0.25, 0.3) is 0 Å². The van der Waals surface area contributed by atoms with Crippen LogP contribution in [0, 0.1) is 12.3 Å². The minimum atomic E-state index is 0.745. The molecule has 0 fully saturated rings. The number of nitrogens with one attached hydrogen (secondary N) is 1. The Morgan fingerprint density at radius 3 is 3.00 bits per heavy atom. The molecule has 0 aromatic heterocycles. The van der Waals surface area contributed by atoms with E-state index in [1.165, 1.54) is 11.8 Å². The second-order valence-electron chi connectivity index (χ2n) is 2.34. The summed E-state index contributed by atoms with van der Waals surface area (Å²) >= 11 is 6.52. The fourth-order valence-corrected chi connectivity index (χ4v) is 1.19. The molecule has 0 heterocycles. The van der Waals surface area contributed by atoms with Crippen molar-refractivity contribution in [2.24, 2.45) is 0 Å². The maximum atomic E-state index is 5.27. The zero-order valence-electron chi connectivity index (χ0n) is 7.20. The second kappa shape index (κ2) is 4.90. The van der Waals surface area contributed by atoms with Gasteiger partial charge >= 0.3 is 0 Å². The fraction of sp³-hybridized carbons (Fsp3) is 0.100. The van der Waals surface area contributed by atoms with Crippen LogP contribution in [0.15, 0.2) is 24.3 Å². The highest BCUT2D eigenvalue weighted by Crippen LogP contribution is 2.11. The lowest BCUT2D eigenvalue weighted by Crippen LogP contribution is -2.03. The molecular weight excluding hydrogens is 198 g/mol. The molecule has 1 nitrogen and oxygen atoms in total. The predicted molar refractivity (Wildman–Crippen MR) is 64.1 cm³/mol. The number of rotatable bonds is 1. The highest BCUT2D eigenvalue weighted by Gasteiger charge is 1.95. The van der Waals surface area contributed by atoms with Gasteiger partial charge in [-0.15, -0.1) is 18.2 Å². The van der Waals surface area contributed by atoms with E-state index < -0.39 is 0 Å². The molecule has 1 aromatic carbocycles. The third-order valence-corrected chi connectivity index (χ3v) is 2.54. The van der Waals surface area contributed by atoms with Gasteiger partial charge < -0.3 is 5.32 Å². The molecule has 0 aliphatic heterocycles. The van der Waals surface area contributed by atoms with E-state index in [1.54, 1.807) is 0 Å². The summed E-state index contributed by atoms with van der Waals surface area (Å²) in [4.78, 5) is 0. The van der Waals surface area contributed by atoms with Gasteiger partial charge in [-0.2, -0.15) is 0 Å².